The van der Waals surface area contributed by atoms with Crippen LogP contribution < -0.4 is 5.73 Å². The third-order valence-corrected chi connectivity index (χ3v) is 3.33. The van der Waals surface area contributed by atoms with Crippen LogP contribution in [0.3, 0.4) is 0 Å². The number of hydrogen-bond donors (Lipinski definition) is 3. The summed E-state index contributed by atoms with van der Waals surface area (Å²) in [6.07, 6.45) is 4.94. The Morgan fingerprint density at radius 1 is 1.28 bits per heavy atom. The van der Waals surface area contributed by atoms with E-state index in [0.29, 0.717) is 11.3 Å². The van der Waals surface area contributed by atoms with Gasteiger partial charge < -0.3 is 20.5 Å². The Kier molecular flexibility index (Phi) is 2.36. The van der Waals surface area contributed by atoms with Gasteiger partial charge in [-0.15, -0.1) is 0 Å². The van der Waals surface area contributed by atoms with Gasteiger partial charge in [0.1, 0.15) is 17.7 Å². The molecule has 0 aliphatic heterocycles. The van der Waals surface area contributed by atoms with E-state index in [4.69, 9.17) is 5.73 Å². The van der Waals surface area contributed by atoms with Crippen LogP contribution in [0.4, 0.5) is 5.82 Å². The molecule has 3 unspecified atom stereocenters. The molecule has 0 bridgehead atoms. The van der Waals surface area contributed by atoms with Crippen LogP contribution in [-0.2, 0) is 0 Å². The summed E-state index contributed by atoms with van der Waals surface area (Å²) < 4.78 is 1.82. The predicted octanol–water partition coefficient (Wildman–Crippen LogP) is 0.155. The van der Waals surface area contributed by atoms with E-state index in [0.717, 1.165) is 11.1 Å². The van der Waals surface area contributed by atoms with E-state index in [-0.39, 0.29) is 6.04 Å². The van der Waals surface area contributed by atoms with Crippen molar-refractivity contribution in [1.82, 2.24) is 14.5 Å². The van der Waals surface area contributed by atoms with Crippen molar-refractivity contribution in [3.8, 4) is 0 Å². The van der Waals surface area contributed by atoms with Gasteiger partial charge >= 0.3 is 0 Å². The number of nitrogens with zero attached hydrogens (tertiary/aromatic N) is 3. The Labute approximate surface area is 103 Å². The van der Waals surface area contributed by atoms with Crippen molar-refractivity contribution >= 4 is 16.9 Å². The molecule has 1 aliphatic carbocycles. The predicted molar refractivity (Wildman–Crippen MR) is 66.9 cm³/mol. The normalized spacial score (nSPS) is 27.2. The summed E-state index contributed by atoms with van der Waals surface area (Å²) in [5, 5.41) is 19.5. The molecule has 0 spiro atoms. The lowest BCUT2D eigenvalue weighted by molar-refractivity contribution is 0.0376. The zero-order valence-electron chi connectivity index (χ0n) is 9.85. The van der Waals surface area contributed by atoms with E-state index in [1.165, 1.54) is 0 Å². The SMILES string of the molecule is Cc1cnc(N)c2ncn(C3C=CC(O)C3O)c12. The largest absolute Gasteiger partial charge is 0.388 e. The van der Waals surface area contributed by atoms with E-state index in [1.807, 2.05) is 11.5 Å². The Hall–Kier alpha value is -1.92. The lowest BCUT2D eigenvalue weighted by Crippen LogP contribution is -2.27. The quantitative estimate of drug-likeness (QED) is 0.622. The summed E-state index contributed by atoms with van der Waals surface area (Å²) in [7, 11) is 0. The Bertz CT molecular complexity index is 634. The molecule has 0 saturated carbocycles. The van der Waals surface area contributed by atoms with E-state index in [9.17, 15) is 10.2 Å². The van der Waals surface area contributed by atoms with Crippen LogP contribution in [0.1, 0.15) is 11.6 Å². The molecule has 0 radical (unpaired) electrons. The first kappa shape index (κ1) is 11.2. The number of nitrogens with two attached hydrogens (primary N) is 1. The molecular formula is C12H14N4O2. The second-order valence-electron chi connectivity index (χ2n) is 4.53. The maximum atomic E-state index is 9.94. The molecule has 2 aromatic rings. The van der Waals surface area contributed by atoms with Crippen molar-refractivity contribution in [2.24, 2.45) is 0 Å². The van der Waals surface area contributed by atoms with Gasteiger partial charge in [0.05, 0.1) is 17.9 Å². The lowest BCUT2D eigenvalue weighted by Gasteiger charge is -2.19. The zero-order valence-corrected chi connectivity index (χ0v) is 9.85. The number of imidazole rings is 1. The average Bonchev–Trinajstić information content (AvgIpc) is 2.91. The standard InChI is InChI=1S/C12H14N4O2/c1-6-4-14-12(13)9-10(6)16(5-15-9)7-2-3-8(17)11(7)18/h2-5,7-8,11,17-18H,1H3,(H2,13,14). The lowest BCUT2D eigenvalue weighted by atomic mass is 10.1. The number of aliphatic hydroxyl groups excluding tert-OH is 2. The van der Waals surface area contributed by atoms with Crippen LogP contribution in [0.5, 0.6) is 0 Å². The van der Waals surface area contributed by atoms with Gasteiger partial charge in [0.2, 0.25) is 0 Å². The van der Waals surface area contributed by atoms with Gasteiger partial charge in [-0.1, -0.05) is 12.2 Å². The number of pyridine rings is 1. The first-order valence-electron chi connectivity index (χ1n) is 5.71. The van der Waals surface area contributed by atoms with Crippen molar-refractivity contribution < 1.29 is 10.2 Å². The van der Waals surface area contributed by atoms with Gasteiger partial charge in [0.25, 0.3) is 0 Å². The highest BCUT2D eigenvalue weighted by Gasteiger charge is 2.31. The summed E-state index contributed by atoms with van der Waals surface area (Å²) >= 11 is 0. The van der Waals surface area contributed by atoms with E-state index >= 15 is 0 Å². The van der Waals surface area contributed by atoms with Crippen molar-refractivity contribution in [2.45, 2.75) is 25.2 Å². The minimum Gasteiger partial charge on any atom is -0.388 e. The third-order valence-electron chi connectivity index (χ3n) is 3.33. The fraction of sp³-hybridized carbons (Fsp3) is 0.333. The second kappa shape index (κ2) is 3.79. The topological polar surface area (TPSA) is 97.2 Å². The number of aliphatic hydroxyl groups is 2. The molecule has 6 heteroatoms. The number of fused-ring (bicyclic) bond motifs is 1. The van der Waals surface area contributed by atoms with Crippen LogP contribution >= 0.6 is 0 Å². The zero-order chi connectivity index (χ0) is 12.9. The van der Waals surface area contributed by atoms with Crippen molar-refractivity contribution in [3.63, 3.8) is 0 Å². The van der Waals surface area contributed by atoms with Crippen LogP contribution in [0.25, 0.3) is 11.0 Å². The van der Waals surface area contributed by atoms with Gasteiger partial charge in [0, 0.05) is 6.20 Å². The molecule has 0 aromatic carbocycles. The molecule has 18 heavy (non-hydrogen) atoms. The van der Waals surface area contributed by atoms with Crippen molar-refractivity contribution in [3.05, 3.63) is 30.2 Å². The van der Waals surface area contributed by atoms with Gasteiger partial charge in [0.15, 0.2) is 5.82 Å². The number of aryl methyl sites for hydroxylation is 1. The number of rotatable bonds is 1. The first-order valence-corrected chi connectivity index (χ1v) is 5.71. The molecule has 94 valence electrons. The molecular weight excluding hydrogens is 232 g/mol. The fourth-order valence-corrected chi connectivity index (χ4v) is 2.37. The van der Waals surface area contributed by atoms with E-state index < -0.39 is 12.2 Å². The van der Waals surface area contributed by atoms with Crippen LogP contribution in [-0.4, -0.2) is 37.0 Å². The minimum absolute atomic E-state index is 0.328. The Balaban J connectivity index is 2.19. The average molecular weight is 246 g/mol. The number of hydrogen-bond acceptors (Lipinski definition) is 5. The molecule has 2 aromatic heterocycles. The van der Waals surface area contributed by atoms with Crippen molar-refractivity contribution in [2.75, 3.05) is 5.73 Å². The maximum absolute atomic E-state index is 9.94. The molecule has 3 atom stereocenters. The summed E-state index contributed by atoms with van der Waals surface area (Å²) in [5.41, 5.74) is 8.17. The highest BCUT2D eigenvalue weighted by atomic mass is 16.3. The van der Waals surface area contributed by atoms with Crippen LogP contribution in [0, 0.1) is 6.92 Å². The molecule has 0 saturated heterocycles. The molecule has 6 nitrogen and oxygen atoms in total. The molecule has 2 heterocycles. The molecule has 3 rings (SSSR count). The summed E-state index contributed by atoms with van der Waals surface area (Å²) in [6, 6.07) is -0.328. The van der Waals surface area contributed by atoms with Gasteiger partial charge in [-0.3, -0.25) is 0 Å². The highest BCUT2D eigenvalue weighted by Crippen LogP contribution is 2.30. The Morgan fingerprint density at radius 3 is 2.72 bits per heavy atom. The first-order chi connectivity index (χ1) is 8.59. The number of aromatic nitrogens is 3. The highest BCUT2D eigenvalue weighted by molar-refractivity contribution is 5.87. The number of anilines is 1. The summed E-state index contributed by atoms with van der Waals surface area (Å²) in [6.45, 7) is 1.91. The molecule has 1 aliphatic rings. The molecule has 0 fully saturated rings. The molecule has 4 N–H and O–H groups in total. The van der Waals surface area contributed by atoms with E-state index in [1.54, 1.807) is 24.7 Å². The number of nitrogen functional groups attached to an aromatic ring is 1. The molecule has 0 amide bonds. The van der Waals surface area contributed by atoms with E-state index in [2.05, 4.69) is 9.97 Å². The van der Waals surface area contributed by atoms with Gasteiger partial charge in [-0.2, -0.15) is 0 Å². The van der Waals surface area contributed by atoms with Crippen molar-refractivity contribution in [1.29, 1.82) is 0 Å². The summed E-state index contributed by atoms with van der Waals surface area (Å²) in [4.78, 5) is 8.28. The van der Waals surface area contributed by atoms with Gasteiger partial charge in [-0.05, 0) is 12.5 Å². The van der Waals surface area contributed by atoms with Crippen LogP contribution in [0.2, 0.25) is 0 Å². The smallest absolute Gasteiger partial charge is 0.151 e. The second-order valence-corrected chi connectivity index (χ2v) is 4.53. The monoisotopic (exact) mass is 246 g/mol. The Morgan fingerprint density at radius 2 is 2.06 bits per heavy atom. The maximum Gasteiger partial charge on any atom is 0.151 e. The summed E-state index contributed by atoms with van der Waals surface area (Å²) in [5.74, 6) is 0.367. The van der Waals surface area contributed by atoms with Gasteiger partial charge in [-0.25, -0.2) is 9.97 Å². The fourth-order valence-electron chi connectivity index (χ4n) is 2.37. The van der Waals surface area contributed by atoms with Crippen LogP contribution in [0.15, 0.2) is 24.7 Å². The minimum atomic E-state index is -0.865. The third kappa shape index (κ3) is 1.43.